The maximum absolute atomic E-state index is 5.58. The number of aromatic amines is 1. The van der Waals surface area contributed by atoms with Gasteiger partial charge >= 0.3 is 0 Å². The van der Waals surface area contributed by atoms with Gasteiger partial charge in [-0.2, -0.15) is 0 Å². The molecule has 0 atom stereocenters. The van der Waals surface area contributed by atoms with Crippen LogP contribution in [-0.2, 0) is 6.54 Å². The van der Waals surface area contributed by atoms with E-state index in [-0.39, 0.29) is 0 Å². The lowest BCUT2D eigenvalue weighted by Gasteiger charge is -2.06. The quantitative estimate of drug-likeness (QED) is 0.661. The molecule has 0 aliphatic carbocycles. The Morgan fingerprint density at radius 1 is 1.53 bits per heavy atom. The SMILES string of the molecule is C=C(C)Cn1c(=S)[nH]c2c(OCC)cccc21. The summed E-state index contributed by atoms with van der Waals surface area (Å²) in [5.74, 6) is 0.844. The predicted octanol–water partition coefficient (Wildman–Crippen LogP) is 3.67. The molecule has 0 radical (unpaired) electrons. The van der Waals surface area contributed by atoms with Crippen molar-refractivity contribution < 1.29 is 4.74 Å². The van der Waals surface area contributed by atoms with E-state index in [4.69, 9.17) is 17.0 Å². The van der Waals surface area contributed by atoms with Gasteiger partial charge < -0.3 is 14.3 Å². The van der Waals surface area contributed by atoms with Crippen molar-refractivity contribution in [2.24, 2.45) is 0 Å². The fourth-order valence-electron chi connectivity index (χ4n) is 1.86. The predicted molar refractivity (Wildman–Crippen MR) is 73.1 cm³/mol. The molecule has 2 rings (SSSR count). The summed E-state index contributed by atoms with van der Waals surface area (Å²) in [6.07, 6.45) is 0. The molecule has 0 fully saturated rings. The van der Waals surface area contributed by atoms with E-state index in [9.17, 15) is 0 Å². The molecule has 0 amide bonds. The monoisotopic (exact) mass is 248 g/mol. The number of hydrogen-bond donors (Lipinski definition) is 1. The first-order chi connectivity index (χ1) is 8.13. The molecule has 17 heavy (non-hydrogen) atoms. The second-order valence-electron chi connectivity index (χ2n) is 4.06. The van der Waals surface area contributed by atoms with E-state index in [0.29, 0.717) is 11.4 Å². The molecule has 90 valence electrons. The van der Waals surface area contributed by atoms with E-state index >= 15 is 0 Å². The number of fused-ring (bicyclic) bond motifs is 1. The van der Waals surface area contributed by atoms with Crippen LogP contribution in [0.2, 0.25) is 0 Å². The van der Waals surface area contributed by atoms with Crippen LogP contribution >= 0.6 is 12.2 Å². The van der Waals surface area contributed by atoms with Crippen molar-refractivity contribution >= 4 is 23.3 Å². The lowest BCUT2D eigenvalue weighted by Crippen LogP contribution is -1.98. The second-order valence-corrected chi connectivity index (χ2v) is 4.44. The third-order valence-corrected chi connectivity index (χ3v) is 2.82. The van der Waals surface area contributed by atoms with Crippen molar-refractivity contribution in [2.75, 3.05) is 6.61 Å². The molecule has 0 unspecified atom stereocenters. The first-order valence-corrected chi connectivity index (χ1v) is 6.03. The minimum Gasteiger partial charge on any atom is -0.492 e. The Balaban J connectivity index is 2.63. The van der Waals surface area contributed by atoms with E-state index in [2.05, 4.69) is 11.6 Å². The second kappa shape index (κ2) is 4.75. The zero-order valence-corrected chi connectivity index (χ0v) is 10.9. The van der Waals surface area contributed by atoms with E-state index in [0.717, 1.165) is 28.9 Å². The van der Waals surface area contributed by atoms with Crippen molar-refractivity contribution in [3.63, 3.8) is 0 Å². The zero-order chi connectivity index (χ0) is 12.4. The van der Waals surface area contributed by atoms with Gasteiger partial charge in [-0.1, -0.05) is 18.2 Å². The van der Waals surface area contributed by atoms with Gasteiger partial charge in [-0.15, -0.1) is 0 Å². The van der Waals surface area contributed by atoms with Crippen LogP contribution in [0.4, 0.5) is 0 Å². The topological polar surface area (TPSA) is 29.9 Å². The summed E-state index contributed by atoms with van der Waals surface area (Å²) in [5.41, 5.74) is 3.09. The normalized spacial score (nSPS) is 10.7. The van der Waals surface area contributed by atoms with Crippen LogP contribution < -0.4 is 4.74 Å². The number of rotatable bonds is 4. The smallest absolute Gasteiger partial charge is 0.178 e. The highest BCUT2D eigenvalue weighted by Gasteiger charge is 2.08. The Hall–Kier alpha value is -1.55. The number of benzene rings is 1. The molecule has 1 heterocycles. The standard InChI is InChI=1S/C13H16N2OS/c1-4-16-11-7-5-6-10-12(11)14-13(17)15(10)8-9(2)3/h5-7H,2,4,8H2,1,3H3,(H,14,17). The maximum atomic E-state index is 5.58. The van der Waals surface area contributed by atoms with Crippen LogP contribution in [0.25, 0.3) is 11.0 Å². The highest BCUT2D eigenvalue weighted by Crippen LogP contribution is 2.25. The molecule has 1 aromatic heterocycles. The zero-order valence-electron chi connectivity index (χ0n) is 10.1. The summed E-state index contributed by atoms with van der Waals surface area (Å²) in [5, 5.41) is 0. The molecular weight excluding hydrogens is 232 g/mol. The average molecular weight is 248 g/mol. The number of hydrogen-bond acceptors (Lipinski definition) is 2. The minimum atomic E-state index is 0.644. The molecule has 0 saturated heterocycles. The van der Waals surface area contributed by atoms with Crippen LogP contribution in [0.5, 0.6) is 5.75 Å². The van der Waals surface area contributed by atoms with Crippen LogP contribution in [0, 0.1) is 4.77 Å². The van der Waals surface area contributed by atoms with Crippen LogP contribution in [0.3, 0.4) is 0 Å². The highest BCUT2D eigenvalue weighted by atomic mass is 32.1. The number of nitrogens with zero attached hydrogens (tertiary/aromatic N) is 1. The lowest BCUT2D eigenvalue weighted by atomic mass is 10.2. The molecule has 0 saturated carbocycles. The lowest BCUT2D eigenvalue weighted by molar-refractivity contribution is 0.343. The van der Waals surface area contributed by atoms with Gasteiger partial charge in [0, 0.05) is 6.54 Å². The van der Waals surface area contributed by atoms with Gasteiger partial charge in [0.15, 0.2) is 4.77 Å². The average Bonchev–Trinajstić information content (AvgIpc) is 2.57. The van der Waals surface area contributed by atoms with Crippen molar-refractivity contribution in [2.45, 2.75) is 20.4 Å². The summed E-state index contributed by atoms with van der Waals surface area (Å²) < 4.78 is 8.32. The number of aromatic nitrogens is 2. The van der Waals surface area contributed by atoms with Crippen molar-refractivity contribution in [1.82, 2.24) is 9.55 Å². The molecule has 0 aliphatic heterocycles. The van der Waals surface area contributed by atoms with E-state index < -0.39 is 0 Å². The van der Waals surface area contributed by atoms with Crippen molar-refractivity contribution in [3.8, 4) is 5.75 Å². The Morgan fingerprint density at radius 3 is 2.94 bits per heavy atom. The van der Waals surface area contributed by atoms with E-state index in [1.807, 2.05) is 36.6 Å². The molecule has 0 aliphatic rings. The number of allylic oxidation sites excluding steroid dienone is 1. The van der Waals surface area contributed by atoms with E-state index in [1.54, 1.807) is 0 Å². The van der Waals surface area contributed by atoms with Crippen molar-refractivity contribution in [1.29, 1.82) is 0 Å². The number of H-pyrrole nitrogens is 1. The molecule has 1 aromatic carbocycles. The number of para-hydroxylation sites is 1. The van der Waals surface area contributed by atoms with Gasteiger partial charge in [0.25, 0.3) is 0 Å². The first-order valence-electron chi connectivity index (χ1n) is 5.62. The summed E-state index contributed by atoms with van der Waals surface area (Å²) in [6.45, 7) is 9.26. The summed E-state index contributed by atoms with van der Waals surface area (Å²) in [7, 11) is 0. The number of ether oxygens (including phenoxy) is 1. The van der Waals surface area contributed by atoms with Gasteiger partial charge in [0.05, 0.1) is 12.1 Å². The molecule has 3 nitrogen and oxygen atoms in total. The van der Waals surface area contributed by atoms with Gasteiger partial charge in [0.2, 0.25) is 0 Å². The summed E-state index contributed by atoms with van der Waals surface area (Å²) >= 11 is 5.33. The Labute approximate surface area is 106 Å². The summed E-state index contributed by atoms with van der Waals surface area (Å²) in [6, 6.07) is 5.96. The van der Waals surface area contributed by atoms with Crippen LogP contribution in [-0.4, -0.2) is 16.2 Å². The molecule has 1 N–H and O–H groups in total. The maximum Gasteiger partial charge on any atom is 0.178 e. The Kier molecular flexibility index (Phi) is 3.33. The number of imidazole rings is 1. The molecule has 0 spiro atoms. The third-order valence-electron chi connectivity index (χ3n) is 2.50. The van der Waals surface area contributed by atoms with Gasteiger partial charge in [-0.05, 0) is 38.2 Å². The Bertz CT molecular complexity index is 609. The fraction of sp³-hybridized carbons (Fsp3) is 0.308. The third kappa shape index (κ3) is 2.26. The largest absolute Gasteiger partial charge is 0.492 e. The van der Waals surface area contributed by atoms with Crippen LogP contribution in [0.1, 0.15) is 13.8 Å². The highest BCUT2D eigenvalue weighted by molar-refractivity contribution is 7.71. The van der Waals surface area contributed by atoms with Gasteiger partial charge in [-0.25, -0.2) is 0 Å². The number of nitrogens with one attached hydrogen (secondary N) is 1. The molecular formula is C13H16N2OS. The van der Waals surface area contributed by atoms with Gasteiger partial charge in [0.1, 0.15) is 11.3 Å². The molecule has 4 heteroatoms. The van der Waals surface area contributed by atoms with Crippen molar-refractivity contribution in [3.05, 3.63) is 35.1 Å². The van der Waals surface area contributed by atoms with Gasteiger partial charge in [-0.3, -0.25) is 0 Å². The molecule has 0 bridgehead atoms. The first kappa shape index (κ1) is 11.9. The van der Waals surface area contributed by atoms with E-state index in [1.165, 1.54) is 0 Å². The fourth-order valence-corrected chi connectivity index (χ4v) is 2.12. The Morgan fingerprint density at radius 2 is 2.29 bits per heavy atom. The minimum absolute atomic E-state index is 0.644. The van der Waals surface area contributed by atoms with Crippen LogP contribution in [0.15, 0.2) is 30.4 Å². The summed E-state index contributed by atoms with van der Waals surface area (Å²) in [4.78, 5) is 3.20. The molecule has 2 aromatic rings.